The van der Waals surface area contributed by atoms with Crippen molar-refractivity contribution >= 4 is 5.91 Å². The van der Waals surface area contributed by atoms with Crippen molar-refractivity contribution in [2.75, 3.05) is 0 Å². The van der Waals surface area contributed by atoms with Crippen LogP contribution in [0.1, 0.15) is 35.8 Å². The number of nitrogens with one attached hydrogen (secondary N) is 1. The maximum absolute atomic E-state index is 13.5. The number of alkyl halides is 3. The number of imidazole rings is 1. The molecule has 1 aliphatic carbocycles. The van der Waals surface area contributed by atoms with Gasteiger partial charge in [0.2, 0.25) is 11.5 Å². The Hall–Kier alpha value is -2.35. The molecule has 1 heterocycles. The molecule has 8 heteroatoms. The van der Waals surface area contributed by atoms with E-state index in [0.717, 1.165) is 28.3 Å². The Bertz CT molecular complexity index is 787. The summed E-state index contributed by atoms with van der Waals surface area (Å²) in [6.45, 7) is 0. The van der Waals surface area contributed by atoms with Gasteiger partial charge < -0.3 is 15.0 Å². The van der Waals surface area contributed by atoms with Crippen LogP contribution in [0.25, 0.3) is 0 Å². The molecule has 0 bridgehead atoms. The Labute approximate surface area is 142 Å². The summed E-state index contributed by atoms with van der Waals surface area (Å²) in [7, 11) is 1.34. The van der Waals surface area contributed by atoms with Crippen LogP contribution in [0, 0.1) is 0 Å². The average molecular weight is 353 g/mol. The highest BCUT2D eigenvalue weighted by molar-refractivity contribution is 5.78. The number of amides is 1. The number of carbonyl (C=O) groups excluding carboxylic acids is 1. The molecule has 3 rings (SSSR count). The summed E-state index contributed by atoms with van der Waals surface area (Å²) in [6.07, 6.45) is -2.35. The lowest BCUT2D eigenvalue weighted by molar-refractivity contribution is -0.271. The minimum atomic E-state index is -5.03. The third-order valence-corrected chi connectivity index (χ3v) is 4.54. The van der Waals surface area contributed by atoms with Crippen LogP contribution in [0.2, 0.25) is 0 Å². The Morgan fingerprint density at radius 3 is 2.76 bits per heavy atom. The quantitative estimate of drug-likeness (QED) is 0.887. The summed E-state index contributed by atoms with van der Waals surface area (Å²) in [5, 5.41) is 12.9. The Balaban J connectivity index is 1.80. The van der Waals surface area contributed by atoms with Gasteiger partial charge >= 0.3 is 6.18 Å². The van der Waals surface area contributed by atoms with Crippen LogP contribution in [0.4, 0.5) is 13.2 Å². The van der Waals surface area contributed by atoms with E-state index in [1.807, 2.05) is 24.3 Å². The van der Waals surface area contributed by atoms with Gasteiger partial charge in [0, 0.05) is 19.4 Å². The Morgan fingerprint density at radius 1 is 1.40 bits per heavy atom. The zero-order valence-corrected chi connectivity index (χ0v) is 13.5. The predicted molar refractivity (Wildman–Crippen MR) is 83.4 cm³/mol. The molecule has 1 aromatic heterocycles. The van der Waals surface area contributed by atoms with Crippen molar-refractivity contribution in [3.63, 3.8) is 0 Å². The molecule has 2 N–H and O–H groups in total. The second-order valence-electron chi connectivity index (χ2n) is 6.25. The molecule has 134 valence electrons. The van der Waals surface area contributed by atoms with Crippen molar-refractivity contribution < 1.29 is 23.1 Å². The molecule has 0 fully saturated rings. The first-order valence-electron chi connectivity index (χ1n) is 7.86. The van der Waals surface area contributed by atoms with Crippen LogP contribution in [-0.2, 0) is 23.9 Å². The molecule has 5 nitrogen and oxygen atoms in total. The molecule has 1 amide bonds. The first kappa shape index (κ1) is 17.5. The fourth-order valence-corrected chi connectivity index (χ4v) is 3.25. The van der Waals surface area contributed by atoms with E-state index in [-0.39, 0.29) is 6.04 Å². The monoisotopic (exact) mass is 353 g/mol. The van der Waals surface area contributed by atoms with Crippen molar-refractivity contribution in [1.82, 2.24) is 14.9 Å². The Morgan fingerprint density at radius 2 is 2.12 bits per heavy atom. The van der Waals surface area contributed by atoms with Gasteiger partial charge in [-0.2, -0.15) is 13.2 Å². The van der Waals surface area contributed by atoms with Crippen LogP contribution in [-0.4, -0.2) is 26.7 Å². The second kappa shape index (κ2) is 6.18. The van der Waals surface area contributed by atoms with Crippen LogP contribution in [0.3, 0.4) is 0 Å². The molecule has 0 aliphatic heterocycles. The summed E-state index contributed by atoms with van der Waals surface area (Å²) in [5.41, 5.74) is -1.36. The fourth-order valence-electron chi connectivity index (χ4n) is 3.25. The number of aromatic nitrogens is 2. The molecule has 0 saturated heterocycles. The molecule has 0 saturated carbocycles. The average Bonchev–Trinajstić information content (AvgIpc) is 3.13. The summed E-state index contributed by atoms with van der Waals surface area (Å²) in [4.78, 5) is 15.9. The Kier molecular flexibility index (Phi) is 4.32. The zero-order chi connectivity index (χ0) is 18.2. The second-order valence-corrected chi connectivity index (χ2v) is 6.25. The minimum absolute atomic E-state index is 0.345. The van der Waals surface area contributed by atoms with Crippen LogP contribution in [0.5, 0.6) is 0 Å². The number of nitrogens with zero attached hydrogens (tertiary/aromatic N) is 2. The number of aryl methyl sites for hydroxylation is 2. The van der Waals surface area contributed by atoms with E-state index in [1.54, 1.807) is 0 Å². The predicted octanol–water partition coefficient (Wildman–Crippen LogP) is 2.36. The molecule has 1 aliphatic rings. The fraction of sp³-hybridized carbons (Fsp3) is 0.412. The lowest BCUT2D eigenvalue weighted by Crippen LogP contribution is -2.48. The number of rotatable bonds is 4. The first-order valence-corrected chi connectivity index (χ1v) is 7.86. The van der Waals surface area contributed by atoms with Gasteiger partial charge in [-0.15, -0.1) is 0 Å². The molecule has 2 aromatic rings. The van der Waals surface area contributed by atoms with E-state index >= 15 is 0 Å². The maximum Gasteiger partial charge on any atom is 0.425 e. The summed E-state index contributed by atoms with van der Waals surface area (Å²) in [6, 6.07) is 7.14. The number of benzene rings is 1. The molecule has 0 unspecified atom stereocenters. The normalized spacial score (nSPS) is 19.3. The lowest BCUT2D eigenvalue weighted by Gasteiger charge is -2.29. The SMILES string of the molecule is Cn1ccnc1[C@@](O)(CC(=O)N[C@H]1CCc2ccccc21)C(F)(F)F. The van der Waals surface area contributed by atoms with Gasteiger partial charge in [-0.25, -0.2) is 4.98 Å². The van der Waals surface area contributed by atoms with Gasteiger partial charge in [0.05, 0.1) is 12.5 Å². The van der Waals surface area contributed by atoms with Gasteiger partial charge in [-0.05, 0) is 24.0 Å². The summed E-state index contributed by atoms with van der Waals surface area (Å²) in [5.74, 6) is -1.48. The molecule has 1 aromatic carbocycles. The molecule has 0 spiro atoms. The number of hydrogen-bond donors (Lipinski definition) is 2. The third kappa shape index (κ3) is 3.13. The third-order valence-electron chi connectivity index (χ3n) is 4.54. The highest BCUT2D eigenvalue weighted by Crippen LogP contribution is 2.41. The van der Waals surface area contributed by atoms with Crippen molar-refractivity contribution in [2.24, 2.45) is 7.05 Å². The minimum Gasteiger partial charge on any atom is -0.374 e. The number of aliphatic hydroxyl groups is 1. The van der Waals surface area contributed by atoms with E-state index in [0.29, 0.717) is 6.42 Å². The standard InChI is InChI=1S/C17H18F3N3O2/c1-23-9-8-21-15(23)16(25,17(18,19)20)10-14(24)22-13-7-6-11-4-2-3-5-12(11)13/h2-5,8-9,13,25H,6-7,10H2,1H3,(H,22,24)/t13-,16-/m0/s1. The van der Waals surface area contributed by atoms with Gasteiger partial charge in [0.25, 0.3) is 0 Å². The highest BCUT2D eigenvalue weighted by atomic mass is 19.4. The first-order chi connectivity index (χ1) is 11.7. The zero-order valence-electron chi connectivity index (χ0n) is 13.5. The number of hydrogen-bond acceptors (Lipinski definition) is 3. The lowest BCUT2D eigenvalue weighted by atomic mass is 9.96. The molecular weight excluding hydrogens is 335 g/mol. The topological polar surface area (TPSA) is 67.1 Å². The van der Waals surface area contributed by atoms with Gasteiger partial charge in [0.1, 0.15) is 0 Å². The van der Waals surface area contributed by atoms with E-state index in [1.165, 1.54) is 13.2 Å². The van der Waals surface area contributed by atoms with Gasteiger partial charge in [0.15, 0.2) is 5.82 Å². The smallest absolute Gasteiger partial charge is 0.374 e. The number of halogens is 3. The van der Waals surface area contributed by atoms with E-state index in [9.17, 15) is 23.1 Å². The summed E-state index contributed by atoms with van der Waals surface area (Å²) < 4.78 is 41.5. The molecule has 0 radical (unpaired) electrons. The van der Waals surface area contributed by atoms with Crippen LogP contribution < -0.4 is 5.32 Å². The van der Waals surface area contributed by atoms with Crippen LogP contribution in [0.15, 0.2) is 36.7 Å². The van der Waals surface area contributed by atoms with E-state index in [4.69, 9.17) is 0 Å². The van der Waals surface area contributed by atoms with Crippen molar-refractivity contribution in [3.05, 3.63) is 53.6 Å². The van der Waals surface area contributed by atoms with Gasteiger partial charge in [-0.3, -0.25) is 4.79 Å². The van der Waals surface area contributed by atoms with Crippen molar-refractivity contribution in [2.45, 2.75) is 37.1 Å². The largest absolute Gasteiger partial charge is 0.425 e. The summed E-state index contributed by atoms with van der Waals surface area (Å²) >= 11 is 0. The van der Waals surface area contributed by atoms with Crippen LogP contribution >= 0.6 is 0 Å². The van der Waals surface area contributed by atoms with Crippen molar-refractivity contribution in [1.29, 1.82) is 0 Å². The molecule has 2 atom stereocenters. The maximum atomic E-state index is 13.5. The number of fused-ring (bicyclic) bond motifs is 1. The highest BCUT2D eigenvalue weighted by Gasteiger charge is 2.58. The number of carbonyl (C=O) groups is 1. The molecular formula is C17H18F3N3O2. The van der Waals surface area contributed by atoms with E-state index < -0.39 is 29.9 Å². The molecule has 25 heavy (non-hydrogen) atoms. The van der Waals surface area contributed by atoms with Gasteiger partial charge in [-0.1, -0.05) is 24.3 Å². The van der Waals surface area contributed by atoms with Crippen molar-refractivity contribution in [3.8, 4) is 0 Å². The van der Waals surface area contributed by atoms with E-state index in [2.05, 4.69) is 10.3 Å².